The summed E-state index contributed by atoms with van der Waals surface area (Å²) in [6.45, 7) is 4.67. The lowest BCUT2D eigenvalue weighted by Crippen LogP contribution is -2.30. The average molecular weight is 388 g/mol. The second-order valence-corrected chi connectivity index (χ2v) is 7.36. The summed E-state index contributed by atoms with van der Waals surface area (Å²) in [6.07, 6.45) is 3.01. The Bertz CT molecular complexity index is 1250. The summed E-state index contributed by atoms with van der Waals surface area (Å²) in [7, 11) is 0. The van der Waals surface area contributed by atoms with Gasteiger partial charge in [0.05, 0.1) is 11.0 Å². The summed E-state index contributed by atoms with van der Waals surface area (Å²) >= 11 is 0. The van der Waals surface area contributed by atoms with Crippen molar-refractivity contribution in [2.45, 2.75) is 33.2 Å². The van der Waals surface area contributed by atoms with Crippen LogP contribution in [0, 0.1) is 13.8 Å². The zero-order valence-corrected chi connectivity index (χ0v) is 16.7. The molecule has 0 aliphatic rings. The van der Waals surface area contributed by atoms with E-state index in [0.29, 0.717) is 18.8 Å². The summed E-state index contributed by atoms with van der Waals surface area (Å²) in [5, 5.41) is 4.17. The van der Waals surface area contributed by atoms with Crippen molar-refractivity contribution >= 4 is 27.8 Å². The highest BCUT2D eigenvalue weighted by Crippen LogP contribution is 2.19. The molecule has 0 radical (unpaired) electrons. The van der Waals surface area contributed by atoms with Gasteiger partial charge in [0.2, 0.25) is 5.91 Å². The number of H-pyrrole nitrogens is 1. The van der Waals surface area contributed by atoms with Crippen molar-refractivity contribution in [3.8, 4) is 0 Å². The predicted molar refractivity (Wildman–Crippen MR) is 115 cm³/mol. The molecule has 0 atom stereocenters. The van der Waals surface area contributed by atoms with E-state index in [1.54, 1.807) is 11.5 Å². The van der Waals surface area contributed by atoms with Gasteiger partial charge in [0.15, 0.2) is 0 Å². The van der Waals surface area contributed by atoms with Gasteiger partial charge in [-0.05, 0) is 50.1 Å². The van der Waals surface area contributed by atoms with E-state index in [1.165, 1.54) is 16.5 Å². The Morgan fingerprint density at radius 2 is 2.00 bits per heavy atom. The first-order valence-corrected chi connectivity index (χ1v) is 9.82. The lowest BCUT2D eigenvalue weighted by molar-refractivity contribution is -0.121. The van der Waals surface area contributed by atoms with Crippen molar-refractivity contribution < 1.29 is 4.79 Å². The minimum atomic E-state index is -0.148. The highest BCUT2D eigenvalue weighted by atomic mass is 16.1. The number of fused-ring (bicyclic) bond motifs is 2. The molecule has 0 saturated carbocycles. The topological polar surface area (TPSA) is 79.8 Å². The monoisotopic (exact) mass is 388 g/mol. The molecule has 4 rings (SSSR count). The lowest BCUT2D eigenvalue weighted by Gasteiger charge is -2.11. The molecule has 6 heteroatoms. The smallest absolute Gasteiger partial charge is 0.272 e. The zero-order valence-electron chi connectivity index (χ0n) is 16.7. The maximum atomic E-state index is 12.5. The third-order valence-corrected chi connectivity index (χ3v) is 5.22. The number of hydrogen-bond donors (Lipinski definition) is 2. The van der Waals surface area contributed by atoms with E-state index in [1.807, 2.05) is 30.5 Å². The number of carbonyl (C=O) groups is 1. The summed E-state index contributed by atoms with van der Waals surface area (Å²) in [4.78, 5) is 32.4. The van der Waals surface area contributed by atoms with Crippen LogP contribution in [0.2, 0.25) is 0 Å². The molecule has 29 heavy (non-hydrogen) atoms. The fourth-order valence-electron chi connectivity index (χ4n) is 3.68. The van der Waals surface area contributed by atoms with Crippen molar-refractivity contribution in [3.05, 3.63) is 75.8 Å². The Kier molecular flexibility index (Phi) is 5.16. The number of benzene rings is 2. The van der Waals surface area contributed by atoms with Crippen LogP contribution in [-0.4, -0.2) is 27.0 Å². The number of aromatic amines is 1. The number of hydrogen-bond acceptors (Lipinski definition) is 3. The Hall–Kier alpha value is -3.41. The molecule has 0 aliphatic carbocycles. The first-order chi connectivity index (χ1) is 14.0. The molecule has 4 aromatic rings. The second-order valence-electron chi connectivity index (χ2n) is 7.36. The SMILES string of the molecule is Cc1ccc2[nH]cc(CCNC(=O)CCn3c(=O)c(C)nc4ccccc43)c2c1. The van der Waals surface area contributed by atoms with Gasteiger partial charge in [0, 0.05) is 36.6 Å². The first-order valence-electron chi connectivity index (χ1n) is 9.82. The minimum absolute atomic E-state index is 0.0635. The summed E-state index contributed by atoms with van der Waals surface area (Å²) < 4.78 is 1.64. The van der Waals surface area contributed by atoms with Crippen LogP contribution in [0.25, 0.3) is 21.9 Å². The Morgan fingerprint density at radius 1 is 1.17 bits per heavy atom. The molecule has 0 saturated heterocycles. The van der Waals surface area contributed by atoms with E-state index in [9.17, 15) is 9.59 Å². The number of carbonyl (C=O) groups excluding carboxylic acids is 1. The molecule has 0 bridgehead atoms. The third kappa shape index (κ3) is 3.92. The lowest BCUT2D eigenvalue weighted by atomic mass is 10.1. The maximum absolute atomic E-state index is 12.5. The number of aromatic nitrogens is 3. The van der Waals surface area contributed by atoms with Crippen LogP contribution in [0.1, 0.15) is 23.2 Å². The molecule has 0 fully saturated rings. The van der Waals surface area contributed by atoms with Crippen molar-refractivity contribution in [1.29, 1.82) is 0 Å². The van der Waals surface area contributed by atoms with Gasteiger partial charge >= 0.3 is 0 Å². The van der Waals surface area contributed by atoms with Crippen LogP contribution in [0.3, 0.4) is 0 Å². The fourth-order valence-corrected chi connectivity index (χ4v) is 3.68. The van der Waals surface area contributed by atoms with Gasteiger partial charge in [-0.1, -0.05) is 23.8 Å². The minimum Gasteiger partial charge on any atom is -0.361 e. The fraction of sp³-hybridized carbons (Fsp3) is 0.261. The molecule has 0 spiro atoms. The second kappa shape index (κ2) is 7.91. The predicted octanol–water partition coefficient (Wildman–Crippen LogP) is 3.24. The normalized spacial score (nSPS) is 11.2. The molecule has 2 heterocycles. The highest BCUT2D eigenvalue weighted by molar-refractivity contribution is 5.84. The van der Waals surface area contributed by atoms with Crippen LogP contribution in [-0.2, 0) is 17.8 Å². The van der Waals surface area contributed by atoms with Gasteiger partial charge in [0.25, 0.3) is 5.56 Å². The van der Waals surface area contributed by atoms with Crippen molar-refractivity contribution in [1.82, 2.24) is 19.9 Å². The van der Waals surface area contributed by atoms with E-state index in [2.05, 4.69) is 40.4 Å². The van der Waals surface area contributed by atoms with E-state index in [0.717, 1.165) is 23.0 Å². The third-order valence-electron chi connectivity index (χ3n) is 5.22. The Labute approximate surface area is 168 Å². The standard InChI is InChI=1S/C23H24N4O2/c1-15-7-8-19-18(13-15)17(14-25-19)9-11-24-22(28)10-12-27-21-6-4-3-5-20(21)26-16(2)23(27)29/h3-8,13-14,25H,9-12H2,1-2H3,(H,24,28). The summed E-state index contributed by atoms with van der Waals surface area (Å²) in [6, 6.07) is 13.8. The van der Waals surface area contributed by atoms with Crippen LogP contribution in [0.4, 0.5) is 0 Å². The van der Waals surface area contributed by atoms with E-state index >= 15 is 0 Å². The molecule has 148 valence electrons. The molecule has 2 N–H and O–H groups in total. The summed E-state index contributed by atoms with van der Waals surface area (Å²) in [5.74, 6) is -0.0635. The van der Waals surface area contributed by atoms with Crippen molar-refractivity contribution in [2.24, 2.45) is 0 Å². The van der Waals surface area contributed by atoms with Crippen LogP contribution >= 0.6 is 0 Å². The van der Waals surface area contributed by atoms with E-state index < -0.39 is 0 Å². The molecule has 6 nitrogen and oxygen atoms in total. The van der Waals surface area contributed by atoms with Crippen LogP contribution in [0.15, 0.2) is 53.5 Å². The van der Waals surface area contributed by atoms with E-state index in [-0.39, 0.29) is 17.9 Å². The number of amides is 1. The molecular formula is C23H24N4O2. The van der Waals surface area contributed by atoms with Crippen LogP contribution < -0.4 is 10.9 Å². The van der Waals surface area contributed by atoms with Gasteiger partial charge in [-0.2, -0.15) is 0 Å². The molecule has 0 unspecified atom stereocenters. The van der Waals surface area contributed by atoms with Gasteiger partial charge in [0.1, 0.15) is 5.69 Å². The van der Waals surface area contributed by atoms with Crippen LogP contribution in [0.5, 0.6) is 0 Å². The van der Waals surface area contributed by atoms with Gasteiger partial charge < -0.3 is 14.9 Å². The highest BCUT2D eigenvalue weighted by Gasteiger charge is 2.10. The molecule has 0 aliphatic heterocycles. The number of para-hydroxylation sites is 2. The zero-order chi connectivity index (χ0) is 20.4. The quantitative estimate of drug-likeness (QED) is 0.532. The van der Waals surface area contributed by atoms with Gasteiger partial charge in [-0.25, -0.2) is 4.98 Å². The number of nitrogens with zero attached hydrogens (tertiary/aromatic N) is 2. The molecule has 2 aromatic carbocycles. The van der Waals surface area contributed by atoms with Gasteiger partial charge in [-0.15, -0.1) is 0 Å². The van der Waals surface area contributed by atoms with E-state index in [4.69, 9.17) is 0 Å². The maximum Gasteiger partial charge on any atom is 0.272 e. The number of aryl methyl sites for hydroxylation is 3. The van der Waals surface area contributed by atoms with Crippen molar-refractivity contribution in [2.75, 3.05) is 6.54 Å². The largest absolute Gasteiger partial charge is 0.361 e. The number of rotatable bonds is 6. The molecular weight excluding hydrogens is 364 g/mol. The summed E-state index contributed by atoms with van der Waals surface area (Å²) in [5.41, 5.74) is 5.33. The average Bonchev–Trinajstić information content (AvgIpc) is 3.10. The van der Waals surface area contributed by atoms with Crippen molar-refractivity contribution in [3.63, 3.8) is 0 Å². The Balaban J connectivity index is 1.38. The number of nitrogens with one attached hydrogen (secondary N) is 2. The molecule has 2 aromatic heterocycles. The first kappa shape index (κ1) is 18.9. The van der Waals surface area contributed by atoms with Gasteiger partial charge in [-0.3, -0.25) is 9.59 Å². The Morgan fingerprint density at radius 3 is 2.86 bits per heavy atom. The molecule has 1 amide bonds.